The van der Waals surface area contributed by atoms with Crippen LogP contribution in [0.25, 0.3) is 0 Å². The molecule has 5 N–H and O–H groups in total. The Morgan fingerprint density at radius 3 is 2.47 bits per heavy atom. The third kappa shape index (κ3) is 3.41. The van der Waals surface area contributed by atoms with Crippen LogP contribution in [0.4, 0.5) is 0 Å². The first-order valence-corrected chi connectivity index (χ1v) is 6.07. The molecule has 0 aromatic rings. The van der Waals surface area contributed by atoms with Crippen molar-refractivity contribution in [2.45, 2.75) is 43.9 Å². The van der Waals surface area contributed by atoms with Gasteiger partial charge in [0.2, 0.25) is 0 Å². The van der Waals surface area contributed by atoms with Crippen LogP contribution in [-0.4, -0.2) is 37.9 Å². The largest absolute Gasteiger partial charge is 0.375 e. The number of ether oxygens (including phenoxy) is 1. The van der Waals surface area contributed by atoms with Crippen LogP contribution < -0.4 is 16.8 Å². The molecule has 2 rings (SSSR count). The molecule has 4 nitrogen and oxygen atoms in total. The number of hydrogen-bond acceptors (Lipinski definition) is 4. The number of hydrogen-bond donors (Lipinski definition) is 3. The molecule has 0 aromatic carbocycles. The van der Waals surface area contributed by atoms with E-state index in [2.05, 4.69) is 5.32 Å². The van der Waals surface area contributed by atoms with Crippen molar-refractivity contribution in [3.63, 3.8) is 0 Å². The van der Waals surface area contributed by atoms with Crippen LogP contribution in [0, 0.1) is 5.92 Å². The maximum atomic E-state index is 5.76. The molecule has 2 fully saturated rings. The lowest BCUT2D eigenvalue weighted by Crippen LogP contribution is -2.44. The lowest BCUT2D eigenvalue weighted by atomic mass is 9.81. The van der Waals surface area contributed by atoms with Crippen LogP contribution in [0.5, 0.6) is 0 Å². The zero-order valence-corrected chi connectivity index (χ0v) is 9.32. The monoisotopic (exact) mass is 213 g/mol. The number of nitrogens with one attached hydrogen (secondary N) is 1. The highest BCUT2D eigenvalue weighted by Gasteiger charge is 2.25. The fourth-order valence-corrected chi connectivity index (χ4v) is 2.39. The maximum Gasteiger partial charge on any atom is 0.0700 e. The van der Waals surface area contributed by atoms with Crippen LogP contribution in [0.3, 0.4) is 0 Å². The van der Waals surface area contributed by atoms with E-state index < -0.39 is 0 Å². The van der Waals surface area contributed by atoms with Gasteiger partial charge in [0.1, 0.15) is 0 Å². The summed E-state index contributed by atoms with van der Waals surface area (Å²) in [5, 5.41) is 3.47. The van der Waals surface area contributed by atoms with Gasteiger partial charge >= 0.3 is 0 Å². The Kier molecular flexibility index (Phi) is 3.97. The molecule has 0 spiro atoms. The van der Waals surface area contributed by atoms with Crippen molar-refractivity contribution < 1.29 is 4.74 Å². The zero-order valence-electron chi connectivity index (χ0n) is 9.32. The van der Waals surface area contributed by atoms with Gasteiger partial charge in [0.05, 0.1) is 12.7 Å². The summed E-state index contributed by atoms with van der Waals surface area (Å²) in [5.41, 5.74) is 11.5. The molecule has 0 radical (unpaired) electrons. The first-order valence-electron chi connectivity index (χ1n) is 6.07. The van der Waals surface area contributed by atoms with E-state index in [1.807, 2.05) is 0 Å². The molecule has 1 heterocycles. The Labute approximate surface area is 91.7 Å². The standard InChI is InChI=1S/C11H23N3O/c12-9-1-2-11(15-7-9)6-14-5-8-3-10(13)4-8/h8-11,14H,1-7,12-13H2/t8?,9-,10?,11+/m1/s1. The molecule has 0 bridgehead atoms. The minimum absolute atomic E-state index is 0.255. The topological polar surface area (TPSA) is 73.3 Å². The fraction of sp³-hybridized carbons (Fsp3) is 1.00. The molecule has 1 aliphatic heterocycles. The Balaban J connectivity index is 1.51. The van der Waals surface area contributed by atoms with Gasteiger partial charge in [0.25, 0.3) is 0 Å². The summed E-state index contributed by atoms with van der Waals surface area (Å²) in [4.78, 5) is 0. The Morgan fingerprint density at radius 2 is 1.87 bits per heavy atom. The molecule has 1 aliphatic carbocycles. The highest BCUT2D eigenvalue weighted by molar-refractivity contribution is 4.84. The molecular weight excluding hydrogens is 190 g/mol. The van der Waals surface area contributed by atoms with Crippen LogP contribution in [0.2, 0.25) is 0 Å². The summed E-state index contributed by atoms with van der Waals surface area (Å²) in [6.07, 6.45) is 4.93. The lowest BCUT2D eigenvalue weighted by molar-refractivity contribution is 0.00542. The van der Waals surface area contributed by atoms with Crippen molar-refractivity contribution >= 4 is 0 Å². The van der Waals surface area contributed by atoms with Gasteiger partial charge in [0.15, 0.2) is 0 Å². The zero-order chi connectivity index (χ0) is 10.7. The molecule has 1 saturated heterocycles. The van der Waals surface area contributed by atoms with Crippen molar-refractivity contribution in [3.05, 3.63) is 0 Å². The Hall–Kier alpha value is -0.160. The van der Waals surface area contributed by atoms with Crippen LogP contribution in [0.15, 0.2) is 0 Å². The molecule has 0 amide bonds. The van der Waals surface area contributed by atoms with E-state index >= 15 is 0 Å². The van der Waals surface area contributed by atoms with E-state index in [0.29, 0.717) is 12.1 Å². The van der Waals surface area contributed by atoms with Gasteiger partial charge in [-0.25, -0.2) is 0 Å². The first kappa shape index (κ1) is 11.3. The van der Waals surface area contributed by atoms with E-state index in [4.69, 9.17) is 16.2 Å². The fourth-order valence-electron chi connectivity index (χ4n) is 2.39. The van der Waals surface area contributed by atoms with Gasteiger partial charge in [-0.15, -0.1) is 0 Å². The molecule has 2 atom stereocenters. The van der Waals surface area contributed by atoms with Crippen molar-refractivity contribution in [2.75, 3.05) is 19.7 Å². The predicted molar refractivity (Wildman–Crippen MR) is 60.5 cm³/mol. The lowest BCUT2D eigenvalue weighted by Gasteiger charge is -2.33. The van der Waals surface area contributed by atoms with Crippen molar-refractivity contribution in [1.29, 1.82) is 0 Å². The second-order valence-corrected chi connectivity index (χ2v) is 5.05. The Bertz CT molecular complexity index is 186. The summed E-state index contributed by atoms with van der Waals surface area (Å²) in [6, 6.07) is 0.714. The van der Waals surface area contributed by atoms with Gasteiger partial charge < -0.3 is 21.5 Å². The summed E-state index contributed by atoms with van der Waals surface area (Å²) >= 11 is 0. The van der Waals surface area contributed by atoms with Gasteiger partial charge in [-0.1, -0.05) is 0 Å². The molecule has 0 aromatic heterocycles. The minimum atomic E-state index is 0.255. The van der Waals surface area contributed by atoms with E-state index in [0.717, 1.165) is 38.5 Å². The maximum absolute atomic E-state index is 5.76. The predicted octanol–water partition coefficient (Wildman–Crippen LogP) is -0.180. The van der Waals surface area contributed by atoms with E-state index in [9.17, 15) is 0 Å². The van der Waals surface area contributed by atoms with Gasteiger partial charge in [-0.3, -0.25) is 0 Å². The van der Waals surface area contributed by atoms with E-state index in [1.165, 1.54) is 12.8 Å². The second kappa shape index (κ2) is 5.25. The second-order valence-electron chi connectivity index (χ2n) is 5.05. The Morgan fingerprint density at radius 1 is 1.07 bits per heavy atom. The molecule has 4 heteroatoms. The molecular formula is C11H23N3O. The molecule has 2 aliphatic rings. The average Bonchev–Trinajstić information content (AvgIpc) is 2.18. The number of nitrogens with two attached hydrogens (primary N) is 2. The van der Waals surface area contributed by atoms with Crippen molar-refractivity contribution in [2.24, 2.45) is 17.4 Å². The van der Waals surface area contributed by atoms with Crippen LogP contribution in [0.1, 0.15) is 25.7 Å². The number of rotatable bonds is 4. The third-order valence-corrected chi connectivity index (χ3v) is 3.48. The smallest absolute Gasteiger partial charge is 0.0700 e. The van der Waals surface area contributed by atoms with E-state index in [1.54, 1.807) is 0 Å². The van der Waals surface area contributed by atoms with Crippen molar-refractivity contribution in [1.82, 2.24) is 5.32 Å². The van der Waals surface area contributed by atoms with Gasteiger partial charge in [-0.05, 0) is 38.1 Å². The van der Waals surface area contributed by atoms with Crippen molar-refractivity contribution in [3.8, 4) is 0 Å². The van der Waals surface area contributed by atoms with Gasteiger partial charge in [0, 0.05) is 18.6 Å². The molecule has 1 saturated carbocycles. The quantitative estimate of drug-likeness (QED) is 0.606. The van der Waals surface area contributed by atoms with Gasteiger partial charge in [-0.2, -0.15) is 0 Å². The summed E-state index contributed by atoms with van der Waals surface area (Å²) in [7, 11) is 0. The molecule has 88 valence electrons. The SMILES string of the molecule is NC1CC(CNC[C@@H]2CC[C@@H](N)CO2)C1. The summed E-state index contributed by atoms with van der Waals surface area (Å²) in [6.45, 7) is 2.79. The summed E-state index contributed by atoms with van der Waals surface area (Å²) in [5.74, 6) is 0.797. The first-order chi connectivity index (χ1) is 7.24. The highest BCUT2D eigenvalue weighted by Crippen LogP contribution is 2.24. The molecule has 15 heavy (non-hydrogen) atoms. The normalized spacial score (nSPS) is 41.2. The molecule has 0 unspecified atom stereocenters. The van der Waals surface area contributed by atoms with Crippen LogP contribution >= 0.6 is 0 Å². The minimum Gasteiger partial charge on any atom is -0.375 e. The van der Waals surface area contributed by atoms with E-state index in [-0.39, 0.29) is 6.04 Å². The average molecular weight is 213 g/mol. The van der Waals surface area contributed by atoms with Crippen LogP contribution in [-0.2, 0) is 4.74 Å². The third-order valence-electron chi connectivity index (χ3n) is 3.48. The highest BCUT2D eigenvalue weighted by atomic mass is 16.5. The summed E-state index contributed by atoms with van der Waals surface area (Å²) < 4.78 is 5.63.